The quantitative estimate of drug-likeness (QED) is 0.773. The van der Waals surface area contributed by atoms with Crippen molar-refractivity contribution < 1.29 is 4.79 Å². The first kappa shape index (κ1) is 14.1. The maximum atomic E-state index is 11.6. The van der Waals surface area contributed by atoms with Crippen LogP contribution >= 0.6 is 11.3 Å². The first-order valence-corrected chi connectivity index (χ1v) is 6.91. The molecular weight excluding hydrogens is 234 g/mol. The van der Waals surface area contributed by atoms with Gasteiger partial charge < -0.3 is 10.6 Å². The summed E-state index contributed by atoms with van der Waals surface area (Å²) in [4.78, 5) is 16.0. The van der Waals surface area contributed by atoms with Crippen LogP contribution in [0, 0.1) is 0 Å². The standard InChI is InChI=1S/C12H21N3OS/c1-4-12-15-10(8-17-12)7-11(16)14-6-5-9(2)13-3/h8-9,13H,4-7H2,1-3H3,(H,14,16)/t9-/m1/s1. The minimum Gasteiger partial charge on any atom is -0.356 e. The lowest BCUT2D eigenvalue weighted by Gasteiger charge is -2.10. The molecule has 0 aliphatic heterocycles. The van der Waals surface area contributed by atoms with E-state index in [1.54, 1.807) is 11.3 Å². The molecule has 1 aromatic heterocycles. The molecule has 1 rings (SSSR count). The number of carbonyl (C=O) groups excluding carboxylic acids is 1. The molecule has 96 valence electrons. The summed E-state index contributed by atoms with van der Waals surface area (Å²) in [6, 6.07) is 0.432. The molecule has 4 nitrogen and oxygen atoms in total. The Morgan fingerprint density at radius 2 is 2.35 bits per heavy atom. The summed E-state index contributed by atoms with van der Waals surface area (Å²) in [5.74, 6) is 0.0567. The van der Waals surface area contributed by atoms with Crippen molar-refractivity contribution in [3.05, 3.63) is 16.1 Å². The largest absolute Gasteiger partial charge is 0.356 e. The predicted octanol–water partition coefficient (Wildman–Crippen LogP) is 1.36. The van der Waals surface area contributed by atoms with Crippen LogP contribution < -0.4 is 10.6 Å². The van der Waals surface area contributed by atoms with Gasteiger partial charge in [0, 0.05) is 18.0 Å². The fourth-order valence-electron chi connectivity index (χ4n) is 1.39. The second-order valence-electron chi connectivity index (χ2n) is 4.09. The number of aromatic nitrogens is 1. The predicted molar refractivity (Wildman–Crippen MR) is 71.3 cm³/mol. The fourth-order valence-corrected chi connectivity index (χ4v) is 2.14. The Hall–Kier alpha value is -0.940. The van der Waals surface area contributed by atoms with E-state index in [0.717, 1.165) is 23.5 Å². The lowest BCUT2D eigenvalue weighted by molar-refractivity contribution is -0.120. The van der Waals surface area contributed by atoms with Gasteiger partial charge in [-0.2, -0.15) is 0 Å². The molecule has 0 fully saturated rings. The van der Waals surface area contributed by atoms with Gasteiger partial charge >= 0.3 is 0 Å². The minimum absolute atomic E-state index is 0.0567. The molecule has 2 N–H and O–H groups in total. The van der Waals surface area contributed by atoms with E-state index in [4.69, 9.17) is 0 Å². The van der Waals surface area contributed by atoms with Crippen LogP contribution in [0.4, 0.5) is 0 Å². The average molecular weight is 255 g/mol. The van der Waals surface area contributed by atoms with Crippen molar-refractivity contribution in [3.63, 3.8) is 0 Å². The smallest absolute Gasteiger partial charge is 0.226 e. The van der Waals surface area contributed by atoms with Gasteiger partial charge in [0.15, 0.2) is 0 Å². The fraction of sp³-hybridized carbons (Fsp3) is 0.667. The molecule has 5 heteroatoms. The summed E-state index contributed by atoms with van der Waals surface area (Å²) in [5, 5.41) is 9.11. The second kappa shape index (κ2) is 7.40. The van der Waals surface area contributed by atoms with Gasteiger partial charge in [-0.25, -0.2) is 4.98 Å². The van der Waals surface area contributed by atoms with E-state index in [-0.39, 0.29) is 5.91 Å². The van der Waals surface area contributed by atoms with Crippen LogP contribution in [0.1, 0.15) is 31.0 Å². The number of hydrogen-bond donors (Lipinski definition) is 2. The van der Waals surface area contributed by atoms with Crippen LogP contribution in [-0.2, 0) is 17.6 Å². The van der Waals surface area contributed by atoms with E-state index in [1.807, 2.05) is 12.4 Å². The zero-order valence-electron chi connectivity index (χ0n) is 10.7. The van der Waals surface area contributed by atoms with Crippen molar-refractivity contribution in [1.29, 1.82) is 0 Å². The molecule has 1 heterocycles. The summed E-state index contributed by atoms with van der Waals surface area (Å²) in [6.45, 7) is 4.88. The van der Waals surface area contributed by atoms with Crippen molar-refractivity contribution in [3.8, 4) is 0 Å². The van der Waals surface area contributed by atoms with Crippen LogP contribution in [-0.4, -0.2) is 30.5 Å². The number of amides is 1. The molecule has 0 aliphatic rings. The van der Waals surface area contributed by atoms with Crippen LogP contribution in [0.5, 0.6) is 0 Å². The molecule has 1 atom stereocenters. The van der Waals surface area contributed by atoms with E-state index in [1.165, 1.54) is 0 Å². The van der Waals surface area contributed by atoms with Crippen molar-refractivity contribution in [2.45, 2.75) is 39.2 Å². The van der Waals surface area contributed by atoms with Gasteiger partial charge in [-0.1, -0.05) is 6.92 Å². The van der Waals surface area contributed by atoms with E-state index >= 15 is 0 Å². The molecule has 0 bridgehead atoms. The molecule has 0 spiro atoms. The van der Waals surface area contributed by atoms with E-state index < -0.39 is 0 Å². The Kier molecular flexibility index (Phi) is 6.15. The summed E-state index contributed by atoms with van der Waals surface area (Å²) in [5.41, 5.74) is 0.881. The lowest BCUT2D eigenvalue weighted by atomic mass is 10.2. The van der Waals surface area contributed by atoms with Gasteiger partial charge in [0.05, 0.1) is 17.1 Å². The Morgan fingerprint density at radius 3 is 2.94 bits per heavy atom. The molecule has 0 radical (unpaired) electrons. The molecule has 1 amide bonds. The second-order valence-corrected chi connectivity index (χ2v) is 5.03. The Balaban J connectivity index is 2.25. The third-order valence-corrected chi connectivity index (χ3v) is 3.68. The number of thiazole rings is 1. The molecule has 0 saturated carbocycles. The third kappa shape index (κ3) is 5.28. The Labute approximate surface area is 107 Å². The third-order valence-electron chi connectivity index (χ3n) is 2.64. The highest BCUT2D eigenvalue weighted by Crippen LogP contribution is 2.10. The van der Waals surface area contributed by atoms with Gasteiger partial charge in [-0.3, -0.25) is 4.79 Å². The monoisotopic (exact) mass is 255 g/mol. The van der Waals surface area contributed by atoms with Crippen molar-refractivity contribution in [2.24, 2.45) is 0 Å². The number of rotatable bonds is 7. The van der Waals surface area contributed by atoms with Gasteiger partial charge in [-0.05, 0) is 26.8 Å². The maximum absolute atomic E-state index is 11.6. The number of nitrogens with one attached hydrogen (secondary N) is 2. The molecule has 0 aliphatic carbocycles. The van der Waals surface area contributed by atoms with E-state index in [2.05, 4.69) is 29.5 Å². The number of hydrogen-bond acceptors (Lipinski definition) is 4. The van der Waals surface area contributed by atoms with E-state index in [0.29, 0.717) is 19.0 Å². The first-order chi connectivity index (χ1) is 8.15. The highest BCUT2D eigenvalue weighted by Gasteiger charge is 2.07. The summed E-state index contributed by atoms with van der Waals surface area (Å²) in [7, 11) is 1.92. The van der Waals surface area contributed by atoms with Crippen molar-refractivity contribution in [2.75, 3.05) is 13.6 Å². The zero-order chi connectivity index (χ0) is 12.7. The molecule has 1 aromatic rings. The number of nitrogens with zero attached hydrogens (tertiary/aromatic N) is 1. The minimum atomic E-state index is 0.0567. The molecule has 0 unspecified atom stereocenters. The molecule has 0 aromatic carbocycles. The van der Waals surface area contributed by atoms with Crippen LogP contribution in [0.2, 0.25) is 0 Å². The maximum Gasteiger partial charge on any atom is 0.226 e. The van der Waals surface area contributed by atoms with Crippen LogP contribution in [0.3, 0.4) is 0 Å². The van der Waals surface area contributed by atoms with Gasteiger partial charge in [0.1, 0.15) is 0 Å². The summed E-state index contributed by atoms with van der Waals surface area (Å²) < 4.78 is 0. The first-order valence-electron chi connectivity index (χ1n) is 6.03. The van der Waals surface area contributed by atoms with Crippen molar-refractivity contribution >= 4 is 17.2 Å². The normalized spacial score (nSPS) is 12.4. The van der Waals surface area contributed by atoms with Crippen LogP contribution in [0.15, 0.2) is 5.38 Å². The van der Waals surface area contributed by atoms with Gasteiger partial charge in [0.2, 0.25) is 5.91 Å². The average Bonchev–Trinajstić information content (AvgIpc) is 2.76. The topological polar surface area (TPSA) is 54.0 Å². The molecule has 17 heavy (non-hydrogen) atoms. The van der Waals surface area contributed by atoms with Gasteiger partial charge in [0.25, 0.3) is 0 Å². The van der Waals surface area contributed by atoms with E-state index in [9.17, 15) is 4.79 Å². The zero-order valence-corrected chi connectivity index (χ0v) is 11.6. The Morgan fingerprint density at radius 1 is 1.59 bits per heavy atom. The lowest BCUT2D eigenvalue weighted by Crippen LogP contribution is -2.31. The highest BCUT2D eigenvalue weighted by molar-refractivity contribution is 7.09. The molecule has 0 saturated heterocycles. The SMILES string of the molecule is CCc1nc(CC(=O)NCC[C@@H](C)NC)cs1. The highest BCUT2D eigenvalue weighted by atomic mass is 32.1. The summed E-state index contributed by atoms with van der Waals surface area (Å²) >= 11 is 1.62. The molecular formula is C12H21N3OS. The van der Waals surface area contributed by atoms with Crippen LogP contribution in [0.25, 0.3) is 0 Å². The van der Waals surface area contributed by atoms with Crippen molar-refractivity contribution in [1.82, 2.24) is 15.6 Å². The number of carbonyl (C=O) groups is 1. The Bertz CT molecular complexity index is 351. The number of aryl methyl sites for hydroxylation is 1. The summed E-state index contributed by atoms with van der Waals surface area (Å²) in [6.07, 6.45) is 2.27. The van der Waals surface area contributed by atoms with Gasteiger partial charge in [-0.15, -0.1) is 11.3 Å².